The highest BCUT2D eigenvalue weighted by Gasteiger charge is 2.25. The lowest BCUT2D eigenvalue weighted by Crippen LogP contribution is -2.22. The molecule has 1 aliphatic carbocycles. The molecule has 0 atom stereocenters. The average molecular weight is 492 g/mol. The van der Waals surface area contributed by atoms with Crippen LogP contribution >= 0.6 is 0 Å². The van der Waals surface area contributed by atoms with Gasteiger partial charge in [0, 0.05) is 8.80 Å². The van der Waals surface area contributed by atoms with Gasteiger partial charge in [0.25, 0.3) is 0 Å². The van der Waals surface area contributed by atoms with Gasteiger partial charge in [0.15, 0.2) is 11.6 Å². The molecule has 189 valence electrons. The van der Waals surface area contributed by atoms with Crippen molar-refractivity contribution in [1.29, 1.82) is 0 Å². The van der Waals surface area contributed by atoms with E-state index >= 15 is 0 Å². The molecule has 0 spiro atoms. The van der Waals surface area contributed by atoms with Crippen molar-refractivity contribution in [1.82, 2.24) is 0 Å². The molecule has 35 heavy (non-hydrogen) atoms. The largest absolute Gasteiger partial charge is 0.491 e. The molecule has 4 rings (SSSR count). The summed E-state index contributed by atoms with van der Waals surface area (Å²) in [5.74, 6) is 2.69. The summed E-state index contributed by atoms with van der Waals surface area (Å²) in [5.41, 5.74) is 3.44. The van der Waals surface area contributed by atoms with Crippen molar-refractivity contribution in [3.8, 4) is 16.9 Å². The summed E-state index contributed by atoms with van der Waals surface area (Å²) in [6, 6.07) is 18.8. The molecule has 0 bridgehead atoms. The lowest BCUT2D eigenvalue weighted by atomic mass is 9.76. The Kier molecular flexibility index (Phi) is 10.1. The average Bonchev–Trinajstić information content (AvgIpc) is 2.90. The molecule has 3 heteroatoms. The van der Waals surface area contributed by atoms with Crippen molar-refractivity contribution in [2.24, 2.45) is 11.8 Å². The van der Waals surface area contributed by atoms with Crippen LogP contribution in [0.2, 0.25) is 18.1 Å². The van der Waals surface area contributed by atoms with E-state index in [0.717, 1.165) is 23.0 Å². The topological polar surface area (TPSA) is 9.23 Å². The highest BCUT2D eigenvalue weighted by Crippen LogP contribution is 2.40. The van der Waals surface area contributed by atoms with Crippen LogP contribution in [-0.2, 0) is 0 Å². The van der Waals surface area contributed by atoms with E-state index < -0.39 is 0 Å². The van der Waals surface area contributed by atoms with Gasteiger partial charge < -0.3 is 4.74 Å². The minimum absolute atomic E-state index is 0.0319. The maximum absolute atomic E-state index is 14.3. The standard InChI is InChI=1S/C32H44FOSi/c1-3-5-6-21-35-22-19-26(20-23-35)8-7-25-9-11-27(12-10-25)28-13-15-29(16-14-28)30-17-18-32(34-4-2)31(33)24-30/h3,13-18,24-27H,1,4-12,19-23H2,2H3. The third-order valence-electron chi connectivity index (χ3n) is 8.53. The summed E-state index contributed by atoms with van der Waals surface area (Å²) < 4.78 is 19.6. The van der Waals surface area contributed by atoms with Gasteiger partial charge in [0.1, 0.15) is 0 Å². The third kappa shape index (κ3) is 7.55. The van der Waals surface area contributed by atoms with Crippen molar-refractivity contribution < 1.29 is 9.13 Å². The fourth-order valence-electron chi connectivity index (χ4n) is 6.28. The van der Waals surface area contributed by atoms with E-state index in [2.05, 4.69) is 36.9 Å². The Labute approximate surface area is 214 Å². The minimum atomic E-state index is -0.287. The zero-order valence-corrected chi connectivity index (χ0v) is 22.7. The van der Waals surface area contributed by atoms with Crippen LogP contribution in [0.4, 0.5) is 4.39 Å². The van der Waals surface area contributed by atoms with E-state index in [9.17, 15) is 4.39 Å². The van der Waals surface area contributed by atoms with E-state index in [-0.39, 0.29) is 14.6 Å². The summed E-state index contributed by atoms with van der Waals surface area (Å²) in [5, 5.41) is 0. The van der Waals surface area contributed by atoms with Crippen LogP contribution in [0, 0.1) is 17.7 Å². The normalized spacial score (nSPS) is 21.7. The van der Waals surface area contributed by atoms with Crippen LogP contribution in [0.3, 0.4) is 0 Å². The molecule has 1 heterocycles. The molecule has 2 aromatic carbocycles. The zero-order valence-electron chi connectivity index (χ0n) is 21.7. The molecule has 2 fully saturated rings. The molecule has 1 saturated heterocycles. The van der Waals surface area contributed by atoms with Gasteiger partial charge in [-0.25, -0.2) is 4.39 Å². The molecule has 2 aliphatic rings. The molecular weight excluding hydrogens is 447 g/mol. The third-order valence-corrected chi connectivity index (χ3v) is 11.6. The first kappa shape index (κ1) is 26.2. The predicted molar refractivity (Wildman–Crippen MR) is 149 cm³/mol. The van der Waals surface area contributed by atoms with Gasteiger partial charge in [0.05, 0.1) is 6.61 Å². The fourth-order valence-corrected chi connectivity index (χ4v) is 9.36. The molecule has 1 saturated carbocycles. The van der Waals surface area contributed by atoms with Gasteiger partial charge in [-0.05, 0) is 85.6 Å². The number of rotatable bonds is 11. The van der Waals surface area contributed by atoms with Gasteiger partial charge >= 0.3 is 0 Å². The molecule has 0 aromatic heterocycles. The molecular formula is C32H44FOSi. The number of benzene rings is 2. The van der Waals surface area contributed by atoms with Crippen LogP contribution < -0.4 is 4.74 Å². The van der Waals surface area contributed by atoms with E-state index in [1.54, 1.807) is 24.2 Å². The zero-order chi connectivity index (χ0) is 24.5. The summed E-state index contributed by atoms with van der Waals surface area (Å²) in [7, 11) is -0.0319. The van der Waals surface area contributed by atoms with Gasteiger partial charge in [-0.15, -0.1) is 6.58 Å². The SMILES string of the molecule is C=CCCC[Si]1CCC(CCC2CCC(c3ccc(-c4ccc(OCC)c(F)c4)cc3)CC2)CC1. The Bertz CT molecular complexity index is 908. The van der Waals surface area contributed by atoms with Crippen molar-refractivity contribution in [3.63, 3.8) is 0 Å². The van der Waals surface area contributed by atoms with E-state index in [1.807, 2.05) is 13.0 Å². The van der Waals surface area contributed by atoms with Crippen LogP contribution in [0.5, 0.6) is 5.75 Å². The number of unbranched alkanes of at least 4 members (excludes halogenated alkanes) is 1. The van der Waals surface area contributed by atoms with Crippen molar-refractivity contribution in [3.05, 3.63) is 66.5 Å². The highest BCUT2D eigenvalue weighted by atomic mass is 28.3. The number of ether oxygens (including phenoxy) is 1. The molecule has 1 aliphatic heterocycles. The lowest BCUT2D eigenvalue weighted by molar-refractivity contribution is 0.280. The lowest BCUT2D eigenvalue weighted by Gasteiger charge is -2.32. The minimum Gasteiger partial charge on any atom is -0.491 e. The second kappa shape index (κ2) is 13.4. The molecule has 0 amide bonds. The fraction of sp³-hybridized carbons (Fsp3) is 0.562. The number of hydrogen-bond donors (Lipinski definition) is 0. The summed E-state index contributed by atoms with van der Waals surface area (Å²) in [6.07, 6.45) is 16.1. The Morgan fingerprint density at radius 3 is 2.20 bits per heavy atom. The molecule has 0 N–H and O–H groups in total. The van der Waals surface area contributed by atoms with Crippen molar-refractivity contribution in [2.75, 3.05) is 6.61 Å². The van der Waals surface area contributed by atoms with Crippen LogP contribution in [0.15, 0.2) is 55.1 Å². The van der Waals surface area contributed by atoms with Crippen molar-refractivity contribution >= 4 is 8.80 Å². The summed E-state index contributed by atoms with van der Waals surface area (Å²) in [4.78, 5) is 0. The number of halogens is 1. The molecule has 1 nitrogen and oxygen atoms in total. The van der Waals surface area contributed by atoms with Crippen LogP contribution in [-0.4, -0.2) is 15.4 Å². The Morgan fingerprint density at radius 1 is 0.914 bits per heavy atom. The predicted octanol–water partition coefficient (Wildman–Crippen LogP) is 9.82. The quantitative estimate of drug-likeness (QED) is 0.173. The summed E-state index contributed by atoms with van der Waals surface area (Å²) in [6.45, 7) is 6.22. The Morgan fingerprint density at radius 2 is 1.57 bits per heavy atom. The van der Waals surface area contributed by atoms with E-state index in [1.165, 1.54) is 75.8 Å². The number of allylic oxidation sites excluding steroid dienone is 1. The van der Waals surface area contributed by atoms with Crippen molar-refractivity contribution in [2.45, 2.75) is 95.2 Å². The molecule has 1 radical (unpaired) electrons. The molecule has 2 aromatic rings. The van der Waals surface area contributed by atoms with Crippen LogP contribution in [0.25, 0.3) is 11.1 Å². The van der Waals surface area contributed by atoms with E-state index in [4.69, 9.17) is 4.74 Å². The maximum atomic E-state index is 14.3. The van der Waals surface area contributed by atoms with Gasteiger partial charge in [-0.2, -0.15) is 0 Å². The van der Waals surface area contributed by atoms with Gasteiger partial charge in [-0.1, -0.05) is 86.6 Å². The van der Waals surface area contributed by atoms with Gasteiger partial charge in [-0.3, -0.25) is 0 Å². The first-order valence-corrected chi connectivity index (χ1v) is 16.3. The highest BCUT2D eigenvalue weighted by molar-refractivity contribution is 6.58. The Balaban J connectivity index is 1.19. The van der Waals surface area contributed by atoms with E-state index in [0.29, 0.717) is 18.3 Å². The summed E-state index contributed by atoms with van der Waals surface area (Å²) >= 11 is 0. The second-order valence-corrected chi connectivity index (χ2v) is 13.9. The van der Waals surface area contributed by atoms with Crippen LogP contribution in [0.1, 0.15) is 82.6 Å². The monoisotopic (exact) mass is 491 g/mol. The second-order valence-electron chi connectivity index (χ2n) is 10.9. The first-order chi connectivity index (χ1) is 17.2. The van der Waals surface area contributed by atoms with Gasteiger partial charge in [0.2, 0.25) is 0 Å². The first-order valence-electron chi connectivity index (χ1n) is 14.1. The smallest absolute Gasteiger partial charge is 0.165 e. The Hall–Kier alpha value is -1.87. The molecule has 0 unspecified atom stereocenters. The number of hydrogen-bond acceptors (Lipinski definition) is 1. The maximum Gasteiger partial charge on any atom is 0.165 e.